The second-order valence-corrected chi connectivity index (χ2v) is 7.91. The van der Waals surface area contributed by atoms with Crippen molar-refractivity contribution in [1.29, 1.82) is 0 Å². The van der Waals surface area contributed by atoms with Crippen LogP contribution in [0.2, 0.25) is 0 Å². The zero-order valence-corrected chi connectivity index (χ0v) is 15.3. The van der Waals surface area contributed by atoms with Crippen molar-refractivity contribution in [3.05, 3.63) is 65.0 Å². The highest BCUT2D eigenvalue weighted by Crippen LogP contribution is 2.54. The van der Waals surface area contributed by atoms with E-state index in [2.05, 4.69) is 4.98 Å². The van der Waals surface area contributed by atoms with Gasteiger partial charge in [0.1, 0.15) is 0 Å². The molecule has 0 bridgehead atoms. The van der Waals surface area contributed by atoms with Crippen molar-refractivity contribution in [1.82, 2.24) is 9.88 Å². The smallest absolute Gasteiger partial charge is 0.416 e. The van der Waals surface area contributed by atoms with E-state index in [-0.39, 0.29) is 18.0 Å². The van der Waals surface area contributed by atoms with Crippen LogP contribution < -0.4 is 0 Å². The largest absolute Gasteiger partial charge is 0.449 e. The van der Waals surface area contributed by atoms with E-state index in [4.69, 9.17) is 4.74 Å². The van der Waals surface area contributed by atoms with Gasteiger partial charge in [0.2, 0.25) is 5.91 Å². The third kappa shape index (κ3) is 2.58. The summed E-state index contributed by atoms with van der Waals surface area (Å²) in [5.41, 5.74) is -1.75. The van der Waals surface area contributed by atoms with Gasteiger partial charge < -0.3 is 9.64 Å². The fourth-order valence-electron chi connectivity index (χ4n) is 4.67. The van der Waals surface area contributed by atoms with Gasteiger partial charge in [-0.3, -0.25) is 9.78 Å². The highest BCUT2D eigenvalue weighted by molar-refractivity contribution is 5.95. The van der Waals surface area contributed by atoms with Gasteiger partial charge in [-0.15, -0.1) is 0 Å². The van der Waals surface area contributed by atoms with Gasteiger partial charge >= 0.3 is 12.1 Å². The number of halogens is 3. The van der Waals surface area contributed by atoms with Gasteiger partial charge in [-0.2, -0.15) is 13.2 Å². The van der Waals surface area contributed by atoms with Gasteiger partial charge in [0.05, 0.1) is 23.1 Å². The minimum absolute atomic E-state index is 0.0338. The monoisotopic (exact) mass is 402 g/mol. The molecule has 29 heavy (non-hydrogen) atoms. The number of rotatable bonds is 2. The number of benzene rings is 1. The Kier molecular flexibility index (Phi) is 3.63. The molecule has 2 fully saturated rings. The minimum atomic E-state index is -4.52. The van der Waals surface area contributed by atoms with Crippen molar-refractivity contribution < 1.29 is 27.5 Å². The average molecular weight is 402 g/mol. The first-order chi connectivity index (χ1) is 13.8. The quantitative estimate of drug-likeness (QED) is 0.723. The molecule has 1 unspecified atom stereocenters. The normalized spacial score (nSPS) is 24.5. The number of amides is 1. The third-order valence-corrected chi connectivity index (χ3v) is 6.25. The maximum Gasteiger partial charge on any atom is 0.416 e. The van der Waals surface area contributed by atoms with E-state index in [1.807, 2.05) is 0 Å². The molecule has 5 rings (SSSR count). The maximum absolute atomic E-state index is 13.5. The third-order valence-electron chi connectivity index (χ3n) is 6.25. The molecule has 8 heteroatoms. The van der Waals surface area contributed by atoms with Crippen LogP contribution in [0.3, 0.4) is 0 Å². The first kappa shape index (κ1) is 18.1. The number of hydrogen-bond donors (Lipinski definition) is 0. The molecular formula is C21H17F3N2O3. The molecule has 1 aromatic heterocycles. The molecule has 150 valence electrons. The van der Waals surface area contributed by atoms with Crippen LogP contribution in [-0.4, -0.2) is 34.8 Å². The van der Waals surface area contributed by atoms with E-state index in [0.717, 1.165) is 6.07 Å². The summed E-state index contributed by atoms with van der Waals surface area (Å²) >= 11 is 0. The number of pyridine rings is 1. The zero-order chi connectivity index (χ0) is 20.4. The van der Waals surface area contributed by atoms with Gasteiger partial charge in [-0.25, -0.2) is 4.79 Å². The summed E-state index contributed by atoms with van der Waals surface area (Å²) in [5.74, 6) is -0.810. The Labute approximate surface area is 164 Å². The molecule has 1 amide bonds. The number of esters is 1. The van der Waals surface area contributed by atoms with E-state index < -0.39 is 28.7 Å². The van der Waals surface area contributed by atoms with E-state index in [9.17, 15) is 22.8 Å². The predicted octanol–water partition coefficient (Wildman–Crippen LogP) is 3.43. The molecular weight excluding hydrogens is 385 g/mol. The first-order valence-electron chi connectivity index (χ1n) is 9.41. The van der Waals surface area contributed by atoms with Crippen LogP contribution in [0, 0.1) is 0 Å². The number of nitrogens with zero attached hydrogens (tertiary/aromatic N) is 2. The van der Waals surface area contributed by atoms with Gasteiger partial charge in [-0.1, -0.05) is 18.2 Å². The van der Waals surface area contributed by atoms with Crippen LogP contribution in [0.4, 0.5) is 13.2 Å². The Hall–Kier alpha value is -2.90. The second kappa shape index (κ2) is 5.81. The van der Waals surface area contributed by atoms with Crippen LogP contribution in [0.15, 0.2) is 42.7 Å². The molecule has 0 N–H and O–H groups in total. The molecule has 3 heterocycles. The molecule has 2 aromatic rings. The van der Waals surface area contributed by atoms with Crippen LogP contribution in [-0.2, 0) is 26.7 Å². The van der Waals surface area contributed by atoms with E-state index >= 15 is 0 Å². The summed E-state index contributed by atoms with van der Waals surface area (Å²) in [5, 5.41) is 0. The van der Waals surface area contributed by atoms with Crippen LogP contribution in [0.25, 0.3) is 0 Å². The Morgan fingerprint density at radius 2 is 1.86 bits per heavy atom. The van der Waals surface area contributed by atoms with Crippen molar-refractivity contribution in [3.63, 3.8) is 0 Å². The van der Waals surface area contributed by atoms with Crippen LogP contribution in [0.5, 0.6) is 0 Å². The number of carbonyl (C=O) groups is 2. The van der Waals surface area contributed by atoms with E-state index in [1.54, 1.807) is 17.2 Å². The minimum Gasteiger partial charge on any atom is -0.449 e. The number of carbonyl (C=O) groups excluding carboxylic acids is 2. The van der Waals surface area contributed by atoms with Crippen molar-refractivity contribution in [2.75, 3.05) is 13.1 Å². The molecule has 1 aliphatic carbocycles. The fourth-order valence-corrected chi connectivity index (χ4v) is 4.67. The van der Waals surface area contributed by atoms with Crippen molar-refractivity contribution in [2.24, 2.45) is 0 Å². The lowest BCUT2D eigenvalue weighted by Gasteiger charge is -2.28. The Balaban J connectivity index is 1.46. The lowest BCUT2D eigenvalue weighted by atomic mass is 9.89. The highest BCUT2D eigenvalue weighted by atomic mass is 19.4. The Morgan fingerprint density at radius 3 is 2.59 bits per heavy atom. The van der Waals surface area contributed by atoms with E-state index in [0.29, 0.717) is 36.9 Å². The summed E-state index contributed by atoms with van der Waals surface area (Å²) < 4.78 is 46.1. The summed E-state index contributed by atoms with van der Waals surface area (Å²) in [4.78, 5) is 31.0. The highest BCUT2D eigenvalue weighted by Gasteiger charge is 2.59. The van der Waals surface area contributed by atoms with Crippen molar-refractivity contribution in [2.45, 2.75) is 36.5 Å². The lowest BCUT2D eigenvalue weighted by Crippen LogP contribution is -2.41. The van der Waals surface area contributed by atoms with Gasteiger partial charge in [0, 0.05) is 30.9 Å². The number of aromatic nitrogens is 1. The van der Waals surface area contributed by atoms with Crippen LogP contribution in [0.1, 0.15) is 46.3 Å². The molecule has 0 radical (unpaired) electrons. The zero-order valence-electron chi connectivity index (χ0n) is 15.3. The summed E-state index contributed by atoms with van der Waals surface area (Å²) in [6, 6.07) is 7.00. The fraction of sp³-hybridized carbons (Fsp3) is 0.381. The average Bonchev–Trinajstić information content (AvgIpc) is 3.34. The number of hydrogen-bond acceptors (Lipinski definition) is 4. The SMILES string of the molecule is O=C1OC2(CCN(C(=O)C3(c4ccccc4C(F)(F)F)CC3)C2)c2ccncc21. The van der Waals surface area contributed by atoms with Gasteiger partial charge in [-0.05, 0) is 30.5 Å². The molecule has 1 saturated carbocycles. The number of ether oxygens (including phenoxy) is 1. The molecule has 2 aliphatic heterocycles. The summed E-state index contributed by atoms with van der Waals surface area (Å²) in [7, 11) is 0. The maximum atomic E-state index is 13.5. The topological polar surface area (TPSA) is 59.5 Å². The lowest BCUT2D eigenvalue weighted by molar-refractivity contribution is -0.140. The Bertz CT molecular complexity index is 1030. The van der Waals surface area contributed by atoms with Crippen molar-refractivity contribution in [3.8, 4) is 0 Å². The number of likely N-dealkylation sites (tertiary alicyclic amines) is 1. The second-order valence-electron chi connectivity index (χ2n) is 7.91. The number of fused-ring (bicyclic) bond motifs is 2. The summed E-state index contributed by atoms with van der Waals surface area (Å²) in [6.07, 6.45) is -0.344. The van der Waals surface area contributed by atoms with E-state index in [1.165, 1.54) is 24.4 Å². The Morgan fingerprint density at radius 1 is 1.10 bits per heavy atom. The molecule has 1 atom stereocenters. The standard InChI is InChI=1S/C21H17F3N2O3/c22-21(23,24)16-4-2-1-3-15(16)19(6-7-19)18(28)26-10-8-20(12-26)14-5-9-25-11-13(14)17(27)29-20/h1-5,9,11H,6-8,10,12H2. The molecule has 1 saturated heterocycles. The van der Waals surface area contributed by atoms with Crippen LogP contribution >= 0.6 is 0 Å². The molecule has 3 aliphatic rings. The van der Waals surface area contributed by atoms with Gasteiger partial charge in [0.15, 0.2) is 5.60 Å². The molecule has 5 nitrogen and oxygen atoms in total. The summed E-state index contributed by atoms with van der Waals surface area (Å²) in [6.45, 7) is 0.467. The number of alkyl halides is 3. The molecule has 1 aromatic carbocycles. The van der Waals surface area contributed by atoms with Gasteiger partial charge in [0.25, 0.3) is 0 Å². The van der Waals surface area contributed by atoms with Crippen molar-refractivity contribution >= 4 is 11.9 Å². The first-order valence-corrected chi connectivity index (χ1v) is 9.41. The molecule has 1 spiro atoms. The predicted molar refractivity (Wildman–Crippen MR) is 94.9 cm³/mol.